The van der Waals surface area contributed by atoms with Crippen molar-refractivity contribution in [3.63, 3.8) is 0 Å². The second kappa shape index (κ2) is 6.92. The number of amides is 1. The molecular weight excluding hydrogens is 302 g/mol. The Hall–Kier alpha value is -1.90. The van der Waals surface area contributed by atoms with Gasteiger partial charge in [-0.15, -0.1) is 0 Å². The van der Waals surface area contributed by atoms with Crippen molar-refractivity contribution < 1.29 is 9.90 Å². The predicted molar refractivity (Wildman–Crippen MR) is 91.1 cm³/mol. The van der Waals surface area contributed by atoms with Crippen molar-refractivity contribution in [2.24, 2.45) is 0 Å². The van der Waals surface area contributed by atoms with Crippen LogP contribution in [-0.2, 0) is 16.8 Å². The molecule has 1 saturated carbocycles. The summed E-state index contributed by atoms with van der Waals surface area (Å²) < 4.78 is 0. The van der Waals surface area contributed by atoms with Gasteiger partial charge in [0.05, 0.1) is 24.8 Å². The molecule has 0 heterocycles. The Kier molecular flexibility index (Phi) is 4.88. The largest absolute Gasteiger partial charge is 0.394 e. The Morgan fingerprint density at radius 3 is 2.67 bits per heavy atom. The number of aliphatic hydroxyl groups excluding tert-OH is 1. The molecule has 0 bridgehead atoms. The van der Waals surface area contributed by atoms with Crippen LogP contribution in [0, 0.1) is 11.3 Å². The van der Waals surface area contributed by atoms with Gasteiger partial charge in [-0.2, -0.15) is 5.26 Å². The zero-order valence-corrected chi connectivity index (χ0v) is 14.0. The van der Waals surface area contributed by atoms with Crippen LogP contribution in [-0.4, -0.2) is 29.7 Å². The van der Waals surface area contributed by atoms with Crippen molar-refractivity contribution in [1.82, 2.24) is 10.6 Å². The van der Waals surface area contributed by atoms with E-state index in [2.05, 4.69) is 22.8 Å². The number of benzene rings is 1. The third-order valence-corrected chi connectivity index (χ3v) is 5.51. The number of hydrogen-bond donors (Lipinski definition) is 3. The summed E-state index contributed by atoms with van der Waals surface area (Å²) in [4.78, 5) is 12.4. The van der Waals surface area contributed by atoms with Crippen LogP contribution in [0.1, 0.15) is 49.7 Å². The van der Waals surface area contributed by atoms with Crippen LogP contribution >= 0.6 is 0 Å². The van der Waals surface area contributed by atoms with Crippen molar-refractivity contribution in [2.75, 3.05) is 13.2 Å². The minimum atomic E-state index is -0.711. The SMILES string of the molecule is N#CC1(NC(=O)CNC2(CO)CCc3ccccc32)CCCCC1. The summed E-state index contributed by atoms with van der Waals surface area (Å²) in [6.45, 7) is 0.0685. The standard InChI is InChI=1S/C19H25N3O2/c20-13-18(9-4-1-5-10-18)22-17(24)12-21-19(14-23)11-8-15-6-2-3-7-16(15)19/h2-3,6-7,21,23H,1,4-5,8-12,14H2,(H,22,24). The van der Waals surface area contributed by atoms with Crippen LogP contribution in [0.2, 0.25) is 0 Å². The highest BCUT2D eigenvalue weighted by molar-refractivity contribution is 5.79. The number of rotatable bonds is 5. The number of carbonyl (C=O) groups is 1. The molecule has 1 atom stereocenters. The number of nitrogens with one attached hydrogen (secondary N) is 2. The molecule has 3 rings (SSSR count). The Morgan fingerprint density at radius 2 is 1.96 bits per heavy atom. The van der Waals surface area contributed by atoms with Crippen molar-refractivity contribution >= 4 is 5.91 Å². The monoisotopic (exact) mass is 327 g/mol. The summed E-state index contributed by atoms with van der Waals surface area (Å²) in [5.74, 6) is -0.171. The molecule has 1 aromatic carbocycles. The second-order valence-corrected chi connectivity index (χ2v) is 7.05. The van der Waals surface area contributed by atoms with Crippen LogP contribution in [0.4, 0.5) is 0 Å². The minimum Gasteiger partial charge on any atom is -0.394 e. The van der Waals surface area contributed by atoms with Gasteiger partial charge >= 0.3 is 0 Å². The summed E-state index contributed by atoms with van der Waals surface area (Å²) in [5, 5.41) is 25.6. The zero-order chi connectivity index (χ0) is 17.0. The molecule has 24 heavy (non-hydrogen) atoms. The van der Waals surface area contributed by atoms with E-state index in [1.165, 1.54) is 5.56 Å². The molecule has 1 unspecified atom stereocenters. The van der Waals surface area contributed by atoms with Gasteiger partial charge < -0.3 is 10.4 Å². The van der Waals surface area contributed by atoms with Crippen molar-refractivity contribution in [2.45, 2.75) is 56.0 Å². The lowest BCUT2D eigenvalue weighted by molar-refractivity contribution is -0.122. The van der Waals surface area contributed by atoms with E-state index in [4.69, 9.17) is 0 Å². The second-order valence-electron chi connectivity index (χ2n) is 7.05. The molecule has 2 aliphatic rings. The van der Waals surface area contributed by atoms with Gasteiger partial charge in [-0.3, -0.25) is 10.1 Å². The molecule has 0 aromatic heterocycles. The molecule has 0 aliphatic heterocycles. The van der Waals surface area contributed by atoms with E-state index in [9.17, 15) is 15.2 Å². The molecule has 0 spiro atoms. The third-order valence-electron chi connectivity index (χ3n) is 5.51. The lowest BCUT2D eigenvalue weighted by atomic mass is 9.83. The molecule has 0 saturated heterocycles. The van der Waals surface area contributed by atoms with E-state index in [1.54, 1.807) is 0 Å². The van der Waals surface area contributed by atoms with Crippen LogP contribution < -0.4 is 10.6 Å². The number of aryl methyl sites for hydroxylation is 1. The van der Waals surface area contributed by atoms with Crippen molar-refractivity contribution in [3.8, 4) is 6.07 Å². The predicted octanol–water partition coefficient (Wildman–Crippen LogP) is 1.75. The van der Waals surface area contributed by atoms with Gasteiger partial charge in [0.1, 0.15) is 5.54 Å². The first-order chi connectivity index (χ1) is 11.6. The first kappa shape index (κ1) is 16.9. The Labute approximate surface area is 143 Å². The highest BCUT2D eigenvalue weighted by Crippen LogP contribution is 2.36. The molecule has 1 amide bonds. The number of aliphatic hydroxyl groups is 1. The first-order valence-corrected chi connectivity index (χ1v) is 8.80. The number of nitrogens with zero attached hydrogens (tertiary/aromatic N) is 1. The quantitative estimate of drug-likeness (QED) is 0.769. The maximum atomic E-state index is 12.4. The molecule has 1 aromatic rings. The molecule has 3 N–H and O–H groups in total. The molecule has 128 valence electrons. The Morgan fingerprint density at radius 1 is 1.21 bits per heavy atom. The highest BCUT2D eigenvalue weighted by Gasteiger charge is 2.39. The van der Waals surface area contributed by atoms with Crippen LogP contribution in [0.5, 0.6) is 0 Å². The van der Waals surface area contributed by atoms with Gasteiger partial charge in [0.15, 0.2) is 0 Å². The van der Waals surface area contributed by atoms with Gasteiger partial charge in [0, 0.05) is 0 Å². The number of fused-ring (bicyclic) bond motifs is 1. The maximum absolute atomic E-state index is 12.4. The molecule has 5 nitrogen and oxygen atoms in total. The fraction of sp³-hybridized carbons (Fsp3) is 0.579. The summed E-state index contributed by atoms with van der Waals surface area (Å²) in [6.07, 6.45) is 6.21. The lowest BCUT2D eigenvalue weighted by Crippen LogP contribution is -2.54. The topological polar surface area (TPSA) is 85.2 Å². The van der Waals surface area contributed by atoms with Gasteiger partial charge in [-0.05, 0) is 36.8 Å². The first-order valence-electron chi connectivity index (χ1n) is 8.80. The molecular formula is C19H25N3O2. The van der Waals surface area contributed by atoms with Gasteiger partial charge in [-0.1, -0.05) is 43.5 Å². The van der Waals surface area contributed by atoms with Gasteiger partial charge in [0.2, 0.25) is 5.91 Å². The number of nitriles is 1. The average Bonchev–Trinajstić information content (AvgIpc) is 3.00. The van der Waals surface area contributed by atoms with E-state index >= 15 is 0 Å². The summed E-state index contributed by atoms with van der Waals surface area (Å²) >= 11 is 0. The van der Waals surface area contributed by atoms with E-state index in [0.29, 0.717) is 0 Å². The summed E-state index contributed by atoms with van der Waals surface area (Å²) in [7, 11) is 0. The fourth-order valence-corrected chi connectivity index (χ4v) is 4.07. The van der Waals surface area contributed by atoms with Crippen LogP contribution in [0.15, 0.2) is 24.3 Å². The van der Waals surface area contributed by atoms with Crippen LogP contribution in [0.25, 0.3) is 0 Å². The Bertz CT molecular complexity index is 646. The summed E-state index contributed by atoms with van der Waals surface area (Å²) in [6, 6.07) is 10.4. The zero-order valence-electron chi connectivity index (χ0n) is 14.0. The van der Waals surface area contributed by atoms with Crippen LogP contribution in [0.3, 0.4) is 0 Å². The van der Waals surface area contributed by atoms with Gasteiger partial charge in [0.25, 0.3) is 0 Å². The number of carbonyl (C=O) groups excluding carboxylic acids is 1. The van der Waals surface area contributed by atoms with E-state index in [-0.39, 0.29) is 19.1 Å². The molecule has 1 fully saturated rings. The van der Waals surface area contributed by atoms with E-state index < -0.39 is 11.1 Å². The van der Waals surface area contributed by atoms with E-state index in [1.807, 2.05) is 18.2 Å². The van der Waals surface area contributed by atoms with Crippen molar-refractivity contribution in [3.05, 3.63) is 35.4 Å². The fourth-order valence-electron chi connectivity index (χ4n) is 4.07. The maximum Gasteiger partial charge on any atom is 0.235 e. The van der Waals surface area contributed by atoms with E-state index in [0.717, 1.165) is 50.5 Å². The minimum absolute atomic E-state index is 0.0410. The highest BCUT2D eigenvalue weighted by atomic mass is 16.3. The summed E-state index contributed by atoms with van der Waals surface area (Å²) in [5.41, 5.74) is 1.03. The lowest BCUT2D eigenvalue weighted by Gasteiger charge is -2.33. The van der Waals surface area contributed by atoms with Gasteiger partial charge in [-0.25, -0.2) is 0 Å². The third kappa shape index (κ3) is 3.17. The average molecular weight is 327 g/mol. The molecule has 5 heteroatoms. The normalized spacial score (nSPS) is 24.8. The van der Waals surface area contributed by atoms with Crippen molar-refractivity contribution in [1.29, 1.82) is 5.26 Å². The smallest absolute Gasteiger partial charge is 0.235 e. The molecule has 0 radical (unpaired) electrons. The Balaban J connectivity index is 1.64. The molecule has 2 aliphatic carbocycles. The number of hydrogen-bond acceptors (Lipinski definition) is 4.